The molecule has 2 rings (SSSR count). The first-order chi connectivity index (χ1) is 8.06. The zero-order valence-corrected chi connectivity index (χ0v) is 12.1. The molecule has 17 heavy (non-hydrogen) atoms. The maximum absolute atomic E-state index is 13.3. The molecule has 1 aromatic carbocycles. The summed E-state index contributed by atoms with van der Waals surface area (Å²) in [6, 6.07) is 5.14. The third-order valence-corrected chi connectivity index (χ3v) is 5.15. The fraction of sp³-hybridized carbons (Fsp3) is 0.600. The minimum absolute atomic E-state index is 0.111. The normalized spacial score (nSPS) is 29.3. The van der Waals surface area contributed by atoms with Crippen LogP contribution in [0, 0.1) is 24.6 Å². The topological polar surface area (TPSA) is 0 Å². The van der Waals surface area contributed by atoms with E-state index in [1.165, 1.54) is 30.4 Å². The van der Waals surface area contributed by atoms with Crippen molar-refractivity contribution in [1.29, 1.82) is 0 Å². The van der Waals surface area contributed by atoms with Crippen molar-refractivity contribution in [3.05, 3.63) is 35.1 Å². The van der Waals surface area contributed by atoms with Gasteiger partial charge in [0.2, 0.25) is 0 Å². The molecule has 0 N–H and O–H groups in total. The Morgan fingerprint density at radius 3 is 2.88 bits per heavy atom. The van der Waals surface area contributed by atoms with E-state index >= 15 is 0 Å². The van der Waals surface area contributed by atoms with E-state index in [4.69, 9.17) is 0 Å². The molecule has 3 unspecified atom stereocenters. The maximum Gasteiger partial charge on any atom is 0.123 e. The zero-order chi connectivity index (χ0) is 12.4. The number of alkyl halides is 1. The Morgan fingerprint density at radius 1 is 1.35 bits per heavy atom. The van der Waals surface area contributed by atoms with Gasteiger partial charge in [0, 0.05) is 4.83 Å². The highest BCUT2D eigenvalue weighted by Gasteiger charge is 2.27. The molecule has 0 heterocycles. The second kappa shape index (κ2) is 5.51. The average Bonchev–Trinajstić information content (AvgIpc) is 2.28. The smallest absolute Gasteiger partial charge is 0.123 e. The standard InChI is InChI=1S/C15H20BrF/c1-10-3-6-15(16)13(7-10)8-12-9-14(17)5-4-11(12)2/h4-5,9-10,13,15H,3,6-8H2,1-2H3. The lowest BCUT2D eigenvalue weighted by molar-refractivity contribution is 0.294. The Kier molecular flexibility index (Phi) is 4.24. The van der Waals surface area contributed by atoms with Gasteiger partial charge in [-0.05, 0) is 67.7 Å². The lowest BCUT2D eigenvalue weighted by atomic mass is 9.79. The van der Waals surface area contributed by atoms with E-state index in [0.717, 1.165) is 12.3 Å². The van der Waals surface area contributed by atoms with Crippen LogP contribution in [0.15, 0.2) is 18.2 Å². The molecule has 0 saturated heterocycles. The van der Waals surface area contributed by atoms with Crippen LogP contribution in [0.4, 0.5) is 4.39 Å². The summed E-state index contributed by atoms with van der Waals surface area (Å²) >= 11 is 3.79. The third-order valence-electron chi connectivity index (χ3n) is 3.95. The molecule has 1 aliphatic carbocycles. The molecule has 0 amide bonds. The van der Waals surface area contributed by atoms with Gasteiger partial charge in [-0.25, -0.2) is 4.39 Å². The molecule has 0 radical (unpaired) electrons. The number of aryl methyl sites for hydroxylation is 1. The summed E-state index contributed by atoms with van der Waals surface area (Å²) in [7, 11) is 0. The summed E-state index contributed by atoms with van der Waals surface area (Å²) in [5.74, 6) is 1.35. The van der Waals surface area contributed by atoms with E-state index in [2.05, 4.69) is 29.8 Å². The van der Waals surface area contributed by atoms with E-state index in [1.807, 2.05) is 6.07 Å². The third kappa shape index (κ3) is 3.31. The van der Waals surface area contributed by atoms with Gasteiger partial charge in [-0.1, -0.05) is 28.9 Å². The van der Waals surface area contributed by atoms with Crippen LogP contribution in [0.25, 0.3) is 0 Å². The Morgan fingerprint density at radius 2 is 2.12 bits per heavy atom. The first kappa shape index (κ1) is 13.1. The van der Waals surface area contributed by atoms with Gasteiger partial charge < -0.3 is 0 Å². The van der Waals surface area contributed by atoms with E-state index in [1.54, 1.807) is 12.1 Å². The van der Waals surface area contributed by atoms with E-state index < -0.39 is 0 Å². The first-order valence-corrected chi connectivity index (χ1v) is 7.37. The molecule has 3 atom stereocenters. The minimum Gasteiger partial charge on any atom is -0.207 e. The van der Waals surface area contributed by atoms with Crippen molar-refractivity contribution in [2.24, 2.45) is 11.8 Å². The predicted octanol–water partition coefficient (Wildman–Crippen LogP) is 4.88. The monoisotopic (exact) mass is 298 g/mol. The molecular formula is C15H20BrF. The molecule has 2 heteroatoms. The first-order valence-electron chi connectivity index (χ1n) is 6.45. The van der Waals surface area contributed by atoms with E-state index in [9.17, 15) is 4.39 Å². The van der Waals surface area contributed by atoms with Crippen molar-refractivity contribution >= 4 is 15.9 Å². The lowest BCUT2D eigenvalue weighted by Crippen LogP contribution is -2.25. The van der Waals surface area contributed by atoms with Gasteiger partial charge in [0.05, 0.1) is 0 Å². The van der Waals surface area contributed by atoms with Crippen LogP contribution in [-0.4, -0.2) is 4.83 Å². The predicted molar refractivity (Wildman–Crippen MR) is 74.1 cm³/mol. The van der Waals surface area contributed by atoms with Crippen LogP contribution < -0.4 is 0 Å². The molecule has 1 aromatic rings. The molecule has 1 fully saturated rings. The SMILES string of the molecule is Cc1ccc(F)cc1CC1CC(C)CCC1Br. The molecule has 0 aromatic heterocycles. The van der Waals surface area contributed by atoms with Gasteiger partial charge in [0.25, 0.3) is 0 Å². The van der Waals surface area contributed by atoms with Crippen molar-refractivity contribution in [2.75, 3.05) is 0 Å². The van der Waals surface area contributed by atoms with Crippen LogP contribution in [0.5, 0.6) is 0 Å². The van der Waals surface area contributed by atoms with Crippen molar-refractivity contribution in [3.63, 3.8) is 0 Å². The van der Waals surface area contributed by atoms with E-state index in [0.29, 0.717) is 10.7 Å². The fourth-order valence-corrected chi connectivity index (χ4v) is 3.48. The van der Waals surface area contributed by atoms with Gasteiger partial charge in [0.15, 0.2) is 0 Å². The highest BCUT2D eigenvalue weighted by Crippen LogP contribution is 2.36. The number of hydrogen-bond acceptors (Lipinski definition) is 0. The summed E-state index contributed by atoms with van der Waals surface area (Å²) < 4.78 is 13.3. The summed E-state index contributed by atoms with van der Waals surface area (Å²) in [5.41, 5.74) is 2.39. The molecular weight excluding hydrogens is 279 g/mol. The Hall–Kier alpha value is -0.370. The van der Waals surface area contributed by atoms with Crippen molar-refractivity contribution in [1.82, 2.24) is 0 Å². The Labute approximate surface area is 112 Å². The largest absolute Gasteiger partial charge is 0.207 e. The van der Waals surface area contributed by atoms with Gasteiger partial charge in [-0.15, -0.1) is 0 Å². The molecule has 1 saturated carbocycles. The average molecular weight is 299 g/mol. The Balaban J connectivity index is 2.11. The van der Waals surface area contributed by atoms with Crippen molar-refractivity contribution in [3.8, 4) is 0 Å². The molecule has 0 spiro atoms. The zero-order valence-electron chi connectivity index (χ0n) is 10.5. The van der Waals surface area contributed by atoms with Crippen LogP contribution in [0.1, 0.15) is 37.3 Å². The van der Waals surface area contributed by atoms with Crippen molar-refractivity contribution < 1.29 is 4.39 Å². The Bertz CT molecular complexity index is 389. The fourth-order valence-electron chi connectivity index (χ4n) is 2.82. The summed E-state index contributed by atoms with van der Waals surface area (Å²) in [4.78, 5) is 0.598. The highest BCUT2D eigenvalue weighted by atomic mass is 79.9. The quantitative estimate of drug-likeness (QED) is 0.683. The number of rotatable bonds is 2. The van der Waals surface area contributed by atoms with Crippen LogP contribution in [0.2, 0.25) is 0 Å². The number of halogens is 2. The highest BCUT2D eigenvalue weighted by molar-refractivity contribution is 9.09. The van der Waals surface area contributed by atoms with Crippen molar-refractivity contribution in [2.45, 2.75) is 44.4 Å². The number of hydrogen-bond donors (Lipinski definition) is 0. The van der Waals surface area contributed by atoms with Crippen LogP contribution in [-0.2, 0) is 6.42 Å². The molecule has 0 aliphatic heterocycles. The second-order valence-corrected chi connectivity index (χ2v) is 6.65. The molecule has 0 bridgehead atoms. The van der Waals surface area contributed by atoms with Crippen LogP contribution in [0.3, 0.4) is 0 Å². The van der Waals surface area contributed by atoms with E-state index in [-0.39, 0.29) is 5.82 Å². The molecule has 1 aliphatic rings. The summed E-state index contributed by atoms with van der Waals surface area (Å²) in [6.07, 6.45) is 4.82. The van der Waals surface area contributed by atoms with Gasteiger partial charge in [-0.2, -0.15) is 0 Å². The summed E-state index contributed by atoms with van der Waals surface area (Å²) in [5, 5.41) is 0. The van der Waals surface area contributed by atoms with Gasteiger partial charge in [-0.3, -0.25) is 0 Å². The summed E-state index contributed by atoms with van der Waals surface area (Å²) in [6.45, 7) is 4.40. The van der Waals surface area contributed by atoms with Crippen LogP contribution >= 0.6 is 15.9 Å². The lowest BCUT2D eigenvalue weighted by Gasteiger charge is -2.32. The van der Waals surface area contributed by atoms with Gasteiger partial charge >= 0.3 is 0 Å². The minimum atomic E-state index is -0.111. The maximum atomic E-state index is 13.3. The second-order valence-electron chi connectivity index (χ2n) is 5.47. The number of benzene rings is 1. The molecule has 94 valence electrons. The molecule has 0 nitrogen and oxygen atoms in total. The van der Waals surface area contributed by atoms with Gasteiger partial charge in [0.1, 0.15) is 5.82 Å².